The van der Waals surface area contributed by atoms with Crippen molar-refractivity contribution in [3.05, 3.63) is 10.0 Å². The third kappa shape index (κ3) is 1.81. The molecule has 1 aromatic carbocycles. The second-order valence-corrected chi connectivity index (χ2v) is 4.33. The second-order valence-electron chi connectivity index (χ2n) is 3.53. The molecule has 0 aliphatic carbocycles. The summed E-state index contributed by atoms with van der Waals surface area (Å²) >= 11 is 3.39. The van der Waals surface area contributed by atoms with Crippen LogP contribution in [0.3, 0.4) is 0 Å². The maximum atomic E-state index is 9.81. The van der Waals surface area contributed by atoms with E-state index in [1.807, 2.05) is 0 Å². The topological polar surface area (TPSA) is 57.2 Å². The van der Waals surface area contributed by atoms with Crippen LogP contribution in [0.4, 0.5) is 0 Å². The van der Waals surface area contributed by atoms with Crippen LogP contribution in [0.25, 0.3) is 0 Å². The van der Waals surface area contributed by atoms with E-state index in [9.17, 15) is 5.11 Å². The smallest absolute Gasteiger partial charge is 0.231 e. The molecule has 94 valence electrons. The van der Waals surface area contributed by atoms with Crippen LogP contribution in [0.2, 0.25) is 0 Å². The molecule has 0 aromatic heterocycles. The Morgan fingerprint density at radius 2 is 1.76 bits per heavy atom. The average molecular weight is 305 g/mol. The van der Waals surface area contributed by atoms with Crippen LogP contribution in [0.1, 0.15) is 18.6 Å². The summed E-state index contributed by atoms with van der Waals surface area (Å²) in [5, 5.41) is 9.81. The van der Waals surface area contributed by atoms with Crippen LogP contribution in [-0.4, -0.2) is 26.1 Å². The molecule has 1 atom stereocenters. The molecule has 2 rings (SSSR count). The normalized spacial score (nSPS) is 14.6. The SMILES string of the molecule is COc1c2c(c(Br)c(C(C)O)c1OC)OCO2. The molecule has 1 heterocycles. The van der Waals surface area contributed by atoms with Crippen molar-refractivity contribution < 1.29 is 24.1 Å². The van der Waals surface area contributed by atoms with Crippen LogP contribution in [-0.2, 0) is 0 Å². The van der Waals surface area contributed by atoms with Gasteiger partial charge in [0.15, 0.2) is 11.5 Å². The van der Waals surface area contributed by atoms with E-state index >= 15 is 0 Å². The lowest BCUT2D eigenvalue weighted by molar-refractivity contribution is 0.170. The molecule has 0 saturated carbocycles. The first-order valence-corrected chi connectivity index (χ1v) is 5.82. The Labute approximate surface area is 107 Å². The predicted molar refractivity (Wildman–Crippen MR) is 64.0 cm³/mol. The monoisotopic (exact) mass is 304 g/mol. The molecule has 17 heavy (non-hydrogen) atoms. The molecule has 1 unspecified atom stereocenters. The zero-order valence-electron chi connectivity index (χ0n) is 9.74. The highest BCUT2D eigenvalue weighted by atomic mass is 79.9. The van der Waals surface area contributed by atoms with Crippen molar-refractivity contribution in [3.8, 4) is 23.0 Å². The van der Waals surface area contributed by atoms with Gasteiger partial charge in [-0.25, -0.2) is 0 Å². The molecule has 1 aromatic rings. The van der Waals surface area contributed by atoms with Gasteiger partial charge in [-0.3, -0.25) is 0 Å². The molecular formula is C11H13BrO5. The van der Waals surface area contributed by atoms with Gasteiger partial charge in [0.05, 0.1) is 24.8 Å². The maximum absolute atomic E-state index is 9.81. The minimum atomic E-state index is -0.720. The van der Waals surface area contributed by atoms with Crippen LogP contribution in [0.15, 0.2) is 4.47 Å². The fourth-order valence-electron chi connectivity index (χ4n) is 1.82. The number of halogens is 1. The first kappa shape index (κ1) is 12.3. The molecule has 0 amide bonds. The number of hydrogen-bond acceptors (Lipinski definition) is 5. The summed E-state index contributed by atoms with van der Waals surface area (Å²) in [5.74, 6) is 1.89. The molecule has 1 N–H and O–H groups in total. The zero-order valence-corrected chi connectivity index (χ0v) is 11.3. The highest BCUT2D eigenvalue weighted by Crippen LogP contribution is 2.55. The van der Waals surface area contributed by atoms with Gasteiger partial charge in [0, 0.05) is 5.56 Å². The van der Waals surface area contributed by atoms with Crippen LogP contribution < -0.4 is 18.9 Å². The van der Waals surface area contributed by atoms with E-state index in [0.717, 1.165) is 0 Å². The highest BCUT2D eigenvalue weighted by Gasteiger charge is 2.31. The van der Waals surface area contributed by atoms with Gasteiger partial charge in [0.25, 0.3) is 0 Å². The number of benzene rings is 1. The molecule has 0 spiro atoms. The van der Waals surface area contributed by atoms with Crippen molar-refractivity contribution in [2.24, 2.45) is 0 Å². The van der Waals surface area contributed by atoms with E-state index in [1.165, 1.54) is 14.2 Å². The quantitative estimate of drug-likeness (QED) is 0.928. The molecule has 0 saturated heterocycles. The van der Waals surface area contributed by atoms with Crippen molar-refractivity contribution in [3.63, 3.8) is 0 Å². The van der Waals surface area contributed by atoms with E-state index in [4.69, 9.17) is 18.9 Å². The Hall–Kier alpha value is -1.14. The lowest BCUT2D eigenvalue weighted by Gasteiger charge is -2.18. The highest BCUT2D eigenvalue weighted by molar-refractivity contribution is 9.10. The number of ether oxygens (including phenoxy) is 4. The summed E-state index contributed by atoms with van der Waals surface area (Å²) in [5.41, 5.74) is 0.577. The summed E-state index contributed by atoms with van der Waals surface area (Å²) in [7, 11) is 3.03. The first-order chi connectivity index (χ1) is 8.11. The summed E-state index contributed by atoms with van der Waals surface area (Å²) in [6, 6.07) is 0. The largest absolute Gasteiger partial charge is 0.492 e. The molecule has 6 heteroatoms. The minimum Gasteiger partial charge on any atom is -0.492 e. The van der Waals surface area contributed by atoms with Crippen LogP contribution in [0, 0.1) is 0 Å². The lowest BCUT2D eigenvalue weighted by atomic mass is 10.1. The van der Waals surface area contributed by atoms with E-state index in [-0.39, 0.29) is 6.79 Å². The predicted octanol–water partition coefficient (Wildman–Crippen LogP) is 2.25. The van der Waals surface area contributed by atoms with Gasteiger partial charge < -0.3 is 24.1 Å². The number of rotatable bonds is 3. The van der Waals surface area contributed by atoms with Gasteiger partial charge in [-0.05, 0) is 22.9 Å². The first-order valence-electron chi connectivity index (χ1n) is 5.02. The molecule has 0 bridgehead atoms. The lowest BCUT2D eigenvalue weighted by Crippen LogP contribution is -2.01. The van der Waals surface area contributed by atoms with Crippen molar-refractivity contribution in [1.29, 1.82) is 0 Å². The van der Waals surface area contributed by atoms with Gasteiger partial charge in [-0.1, -0.05) is 0 Å². The van der Waals surface area contributed by atoms with Crippen molar-refractivity contribution in [2.75, 3.05) is 21.0 Å². The number of fused-ring (bicyclic) bond motifs is 1. The summed E-state index contributed by atoms with van der Waals surface area (Å²) in [4.78, 5) is 0. The van der Waals surface area contributed by atoms with Crippen LogP contribution in [0.5, 0.6) is 23.0 Å². The van der Waals surface area contributed by atoms with Crippen LogP contribution >= 0.6 is 15.9 Å². The molecule has 1 aliphatic rings. The zero-order chi connectivity index (χ0) is 12.6. The van der Waals surface area contributed by atoms with Gasteiger partial charge >= 0.3 is 0 Å². The Morgan fingerprint density at radius 1 is 1.18 bits per heavy atom. The summed E-state index contributed by atoms with van der Waals surface area (Å²) < 4.78 is 21.9. The van der Waals surface area contributed by atoms with Gasteiger partial charge in [0.1, 0.15) is 0 Å². The summed E-state index contributed by atoms with van der Waals surface area (Å²) in [6.07, 6.45) is -0.720. The Balaban J connectivity index is 2.75. The molecule has 0 fully saturated rings. The van der Waals surface area contributed by atoms with E-state index in [0.29, 0.717) is 33.0 Å². The van der Waals surface area contributed by atoms with Gasteiger partial charge in [0.2, 0.25) is 18.3 Å². The third-order valence-corrected chi connectivity index (χ3v) is 3.32. The molecule has 5 nitrogen and oxygen atoms in total. The van der Waals surface area contributed by atoms with Gasteiger partial charge in [-0.15, -0.1) is 0 Å². The molecular weight excluding hydrogens is 292 g/mol. The van der Waals surface area contributed by atoms with Crippen molar-refractivity contribution >= 4 is 15.9 Å². The Kier molecular flexibility index (Phi) is 3.35. The third-order valence-electron chi connectivity index (χ3n) is 2.53. The standard InChI is InChI=1S/C11H13BrO5/c1-5(13)6-7(12)9-11(17-4-16-9)10(15-3)8(6)14-2/h5,13H,4H2,1-3H3. The average Bonchev–Trinajstić information content (AvgIpc) is 2.77. The Bertz CT molecular complexity index is 444. The number of aliphatic hydroxyl groups excluding tert-OH is 1. The number of hydrogen-bond donors (Lipinski definition) is 1. The molecule has 0 radical (unpaired) electrons. The molecule has 1 aliphatic heterocycles. The second kappa shape index (κ2) is 4.62. The van der Waals surface area contributed by atoms with Crippen molar-refractivity contribution in [2.45, 2.75) is 13.0 Å². The number of methoxy groups -OCH3 is 2. The van der Waals surface area contributed by atoms with E-state index in [1.54, 1.807) is 6.92 Å². The van der Waals surface area contributed by atoms with Gasteiger partial charge in [-0.2, -0.15) is 0 Å². The summed E-state index contributed by atoms with van der Waals surface area (Å²) in [6.45, 7) is 1.76. The van der Waals surface area contributed by atoms with E-state index in [2.05, 4.69) is 15.9 Å². The number of aliphatic hydroxyl groups is 1. The Morgan fingerprint density at radius 3 is 2.29 bits per heavy atom. The maximum Gasteiger partial charge on any atom is 0.231 e. The minimum absolute atomic E-state index is 0.122. The van der Waals surface area contributed by atoms with E-state index < -0.39 is 6.10 Å². The fraction of sp³-hybridized carbons (Fsp3) is 0.455. The fourth-order valence-corrected chi connectivity index (χ4v) is 2.62. The van der Waals surface area contributed by atoms with Crippen molar-refractivity contribution in [1.82, 2.24) is 0 Å².